The molecule has 1 N–H and O–H groups in total. The van der Waals surface area contributed by atoms with Gasteiger partial charge in [-0.05, 0) is 40.3 Å². The zero-order valence-corrected chi connectivity index (χ0v) is 12.5. The van der Waals surface area contributed by atoms with Gasteiger partial charge < -0.3 is 9.84 Å². The number of rotatable bonds is 4. The molecular weight excluding hydrogens is 351 g/mol. The van der Waals surface area contributed by atoms with Crippen LogP contribution >= 0.6 is 34.4 Å². The number of ether oxygens (including phenoxy) is 1. The normalized spacial score (nSPS) is 10.8. The summed E-state index contributed by atoms with van der Waals surface area (Å²) in [7, 11) is 1.52. The van der Waals surface area contributed by atoms with E-state index in [2.05, 4.69) is 0 Å². The molecule has 1 rings (SSSR count). The summed E-state index contributed by atoms with van der Waals surface area (Å²) in [5.74, 6) is 1.26. The van der Waals surface area contributed by atoms with Gasteiger partial charge in [-0.3, -0.25) is 4.79 Å². The van der Waals surface area contributed by atoms with Crippen molar-refractivity contribution in [1.29, 1.82) is 0 Å². The highest BCUT2D eigenvalue weighted by atomic mass is 127. The molecule has 1 aromatic carbocycles. The van der Waals surface area contributed by atoms with Crippen LogP contribution in [0.2, 0.25) is 0 Å². The van der Waals surface area contributed by atoms with Gasteiger partial charge in [-0.1, -0.05) is 23.9 Å². The maximum atomic E-state index is 10.7. The molecule has 0 aromatic heterocycles. The number of carbonyl (C=O) groups is 1. The van der Waals surface area contributed by atoms with Gasteiger partial charge in [0.05, 0.1) is 10.7 Å². The van der Waals surface area contributed by atoms with E-state index in [1.54, 1.807) is 13.0 Å². The lowest BCUT2D eigenvalue weighted by atomic mass is 10.2. The Hall–Kier alpha value is -0.690. The first-order valence-electron chi connectivity index (χ1n) is 4.91. The number of phenolic OH excluding ortho intramolecular Hbond substituents is 1. The molecule has 0 heterocycles. The predicted octanol–water partition coefficient (Wildman–Crippen LogP) is 3.30. The molecule has 0 saturated heterocycles. The largest absolute Gasteiger partial charge is 0.504 e. The summed E-state index contributed by atoms with van der Waals surface area (Å²) in [4.78, 5) is 10.7. The first-order chi connectivity index (χ1) is 8.04. The first kappa shape index (κ1) is 14.4. The van der Waals surface area contributed by atoms with Crippen molar-refractivity contribution < 1.29 is 14.6 Å². The zero-order valence-electron chi connectivity index (χ0n) is 9.57. The van der Waals surface area contributed by atoms with Crippen LogP contribution in [0.25, 0.3) is 6.08 Å². The van der Waals surface area contributed by atoms with Crippen molar-refractivity contribution in [2.75, 3.05) is 12.9 Å². The number of thioether (sulfide) groups is 1. The maximum absolute atomic E-state index is 10.7. The number of phenols is 1. The summed E-state index contributed by atoms with van der Waals surface area (Å²) >= 11 is 3.31. The third kappa shape index (κ3) is 4.59. The molecule has 0 atom stereocenters. The molecule has 0 aliphatic heterocycles. The monoisotopic (exact) mass is 364 g/mol. The molecule has 1 aromatic rings. The Bertz CT molecular complexity index is 444. The van der Waals surface area contributed by atoms with Gasteiger partial charge >= 0.3 is 0 Å². The van der Waals surface area contributed by atoms with Gasteiger partial charge in [-0.2, -0.15) is 0 Å². The lowest BCUT2D eigenvalue weighted by Crippen LogP contribution is -1.87. The molecule has 3 nitrogen and oxygen atoms in total. The van der Waals surface area contributed by atoms with E-state index in [1.165, 1.54) is 18.9 Å². The highest BCUT2D eigenvalue weighted by molar-refractivity contribution is 14.1. The Balaban J connectivity index is 2.78. The van der Waals surface area contributed by atoms with Crippen LogP contribution in [-0.2, 0) is 4.79 Å². The minimum Gasteiger partial charge on any atom is -0.504 e. The molecule has 0 amide bonds. The van der Waals surface area contributed by atoms with Crippen molar-refractivity contribution in [3.63, 3.8) is 0 Å². The highest BCUT2D eigenvalue weighted by Gasteiger charge is 2.06. The molecule has 0 spiro atoms. The van der Waals surface area contributed by atoms with Gasteiger partial charge in [-0.25, -0.2) is 0 Å². The Morgan fingerprint density at radius 1 is 1.59 bits per heavy atom. The number of hydrogen-bond donors (Lipinski definition) is 1. The van der Waals surface area contributed by atoms with Gasteiger partial charge in [0.2, 0.25) is 0 Å². The van der Waals surface area contributed by atoms with Crippen molar-refractivity contribution in [3.05, 3.63) is 27.3 Å². The van der Waals surface area contributed by atoms with Gasteiger partial charge in [0.1, 0.15) is 0 Å². The summed E-state index contributed by atoms with van der Waals surface area (Å²) in [6.45, 7) is 1.55. The second kappa shape index (κ2) is 6.90. The van der Waals surface area contributed by atoms with E-state index < -0.39 is 0 Å². The van der Waals surface area contributed by atoms with E-state index in [-0.39, 0.29) is 10.9 Å². The van der Waals surface area contributed by atoms with Gasteiger partial charge in [-0.15, -0.1) is 0 Å². The van der Waals surface area contributed by atoms with E-state index in [1.807, 2.05) is 40.8 Å². The fraction of sp³-hybridized carbons (Fsp3) is 0.250. The molecule has 0 aliphatic rings. The summed E-state index contributed by atoms with van der Waals surface area (Å²) in [5.41, 5.74) is 0.938. The lowest BCUT2D eigenvalue weighted by molar-refractivity contribution is -0.109. The zero-order chi connectivity index (χ0) is 12.8. The van der Waals surface area contributed by atoms with Gasteiger partial charge in [0.25, 0.3) is 0 Å². The third-order valence-electron chi connectivity index (χ3n) is 1.96. The van der Waals surface area contributed by atoms with Crippen LogP contribution in [0.15, 0.2) is 18.2 Å². The minimum atomic E-state index is 0.104. The van der Waals surface area contributed by atoms with Gasteiger partial charge in [0, 0.05) is 12.7 Å². The van der Waals surface area contributed by atoms with E-state index >= 15 is 0 Å². The first-order valence-corrected chi connectivity index (χ1v) is 6.97. The molecule has 0 aliphatic carbocycles. The van der Waals surface area contributed by atoms with Crippen molar-refractivity contribution in [2.24, 2.45) is 0 Å². The van der Waals surface area contributed by atoms with Crippen LogP contribution < -0.4 is 4.74 Å². The summed E-state index contributed by atoms with van der Waals surface area (Å²) in [6, 6.07) is 3.61. The smallest absolute Gasteiger partial charge is 0.186 e. The third-order valence-corrected chi connectivity index (χ3v) is 3.55. The molecule has 0 saturated carbocycles. The van der Waals surface area contributed by atoms with E-state index in [0.717, 1.165) is 9.13 Å². The van der Waals surface area contributed by atoms with Crippen molar-refractivity contribution in [3.8, 4) is 11.5 Å². The molecular formula is C12H13IO3S. The Morgan fingerprint density at radius 3 is 2.88 bits per heavy atom. The van der Waals surface area contributed by atoms with E-state index in [9.17, 15) is 9.90 Å². The number of carbonyl (C=O) groups excluding carboxylic acids is 1. The van der Waals surface area contributed by atoms with Crippen LogP contribution in [0.3, 0.4) is 0 Å². The number of halogens is 1. The predicted molar refractivity (Wildman–Crippen MR) is 79.5 cm³/mol. The fourth-order valence-corrected chi connectivity index (χ4v) is 2.25. The maximum Gasteiger partial charge on any atom is 0.186 e. The molecule has 92 valence electrons. The molecule has 0 fully saturated rings. The lowest BCUT2D eigenvalue weighted by Gasteiger charge is -2.06. The Kier molecular flexibility index (Phi) is 5.84. The minimum absolute atomic E-state index is 0.104. The standard InChI is InChI=1S/C12H13IO3S/c1-8(14)17-5-3-4-9-6-10(13)12(15)11(7-9)16-2/h3-4,6-7,15H,5H2,1-2H3. The number of hydrogen-bond acceptors (Lipinski definition) is 4. The van der Waals surface area contributed by atoms with Crippen LogP contribution in [-0.4, -0.2) is 23.1 Å². The fourth-order valence-electron chi connectivity index (χ4n) is 1.20. The summed E-state index contributed by atoms with van der Waals surface area (Å²) < 4.78 is 5.80. The molecule has 0 unspecified atom stereocenters. The number of aromatic hydroxyl groups is 1. The summed E-state index contributed by atoms with van der Waals surface area (Å²) in [6.07, 6.45) is 3.81. The van der Waals surface area contributed by atoms with Crippen LogP contribution in [0, 0.1) is 3.57 Å². The van der Waals surface area contributed by atoms with Crippen LogP contribution in [0.5, 0.6) is 11.5 Å². The second-order valence-electron chi connectivity index (χ2n) is 3.26. The van der Waals surface area contributed by atoms with Crippen molar-refractivity contribution in [1.82, 2.24) is 0 Å². The van der Waals surface area contributed by atoms with Crippen LogP contribution in [0.1, 0.15) is 12.5 Å². The molecule has 5 heteroatoms. The number of methoxy groups -OCH3 is 1. The Morgan fingerprint density at radius 2 is 2.29 bits per heavy atom. The van der Waals surface area contributed by atoms with Gasteiger partial charge in [0.15, 0.2) is 16.6 Å². The van der Waals surface area contributed by atoms with Crippen molar-refractivity contribution >= 4 is 45.5 Å². The SMILES string of the molecule is COc1cc(C=CCSC(C)=O)cc(I)c1O. The van der Waals surface area contributed by atoms with E-state index in [0.29, 0.717) is 11.5 Å². The molecule has 0 radical (unpaired) electrons. The summed E-state index contributed by atoms with van der Waals surface area (Å²) in [5, 5.41) is 9.77. The molecule has 17 heavy (non-hydrogen) atoms. The second-order valence-corrected chi connectivity index (χ2v) is 5.62. The quantitative estimate of drug-likeness (QED) is 0.833. The number of benzene rings is 1. The average molecular weight is 364 g/mol. The average Bonchev–Trinajstić information content (AvgIpc) is 2.28. The topological polar surface area (TPSA) is 46.5 Å². The Labute approximate surface area is 118 Å². The van der Waals surface area contributed by atoms with E-state index in [4.69, 9.17) is 4.74 Å². The van der Waals surface area contributed by atoms with Crippen LogP contribution in [0.4, 0.5) is 0 Å². The van der Waals surface area contributed by atoms with Crippen molar-refractivity contribution in [2.45, 2.75) is 6.92 Å². The molecule has 0 bridgehead atoms. The highest BCUT2D eigenvalue weighted by Crippen LogP contribution is 2.32.